The minimum Gasteiger partial charge on any atom is -0.508 e. The number of aliphatic hydroxyl groups is 1. The second-order valence-electron chi connectivity index (χ2n) is 2.61. The standard InChI is InChI=1S/C8H10N2O4.BrH/c11-4-3-9-7-2-1-6(12)5-8(7)10(13)14;/h1-2,5,9,11-12H,3-4H2;1H. The fourth-order valence-corrected chi connectivity index (χ4v) is 1.01. The minimum absolute atomic E-state index is 0. The Morgan fingerprint density at radius 2 is 2.13 bits per heavy atom. The van der Waals surface area contributed by atoms with Gasteiger partial charge in [0.25, 0.3) is 5.69 Å². The highest BCUT2D eigenvalue weighted by molar-refractivity contribution is 8.93. The van der Waals surface area contributed by atoms with Gasteiger partial charge in [0.1, 0.15) is 11.4 Å². The molecule has 84 valence electrons. The number of rotatable bonds is 4. The van der Waals surface area contributed by atoms with Crippen molar-refractivity contribution in [3.05, 3.63) is 28.3 Å². The highest BCUT2D eigenvalue weighted by atomic mass is 79.9. The number of aliphatic hydroxyl groups excluding tert-OH is 1. The van der Waals surface area contributed by atoms with E-state index in [0.29, 0.717) is 0 Å². The number of aromatic hydroxyl groups is 1. The molecule has 0 aliphatic rings. The van der Waals surface area contributed by atoms with Gasteiger partial charge in [-0.2, -0.15) is 0 Å². The van der Waals surface area contributed by atoms with Crippen LogP contribution >= 0.6 is 17.0 Å². The first-order valence-corrected chi connectivity index (χ1v) is 3.97. The summed E-state index contributed by atoms with van der Waals surface area (Å²) in [5.74, 6) is -0.161. The quantitative estimate of drug-likeness (QED) is 0.438. The van der Waals surface area contributed by atoms with Crippen LogP contribution in [0.1, 0.15) is 0 Å². The molecule has 0 spiro atoms. The Labute approximate surface area is 96.5 Å². The van der Waals surface area contributed by atoms with Crippen LogP contribution in [0.4, 0.5) is 11.4 Å². The van der Waals surface area contributed by atoms with Crippen LogP contribution in [0.2, 0.25) is 0 Å². The molecule has 0 bridgehead atoms. The lowest BCUT2D eigenvalue weighted by Crippen LogP contribution is -2.07. The summed E-state index contributed by atoms with van der Waals surface area (Å²) in [5.41, 5.74) is 0.0697. The van der Waals surface area contributed by atoms with Crippen molar-refractivity contribution in [1.29, 1.82) is 0 Å². The highest BCUT2D eigenvalue weighted by Crippen LogP contribution is 2.27. The summed E-state index contributed by atoms with van der Waals surface area (Å²) >= 11 is 0. The van der Waals surface area contributed by atoms with Crippen LogP contribution in [0.3, 0.4) is 0 Å². The topological polar surface area (TPSA) is 95.6 Å². The van der Waals surface area contributed by atoms with Gasteiger partial charge >= 0.3 is 0 Å². The van der Waals surface area contributed by atoms with Gasteiger partial charge < -0.3 is 15.5 Å². The van der Waals surface area contributed by atoms with Crippen molar-refractivity contribution in [2.45, 2.75) is 0 Å². The molecule has 1 aromatic rings. The third-order valence-corrected chi connectivity index (χ3v) is 1.61. The fourth-order valence-electron chi connectivity index (χ4n) is 1.01. The largest absolute Gasteiger partial charge is 0.508 e. The molecule has 1 rings (SSSR count). The Morgan fingerprint density at radius 3 is 2.67 bits per heavy atom. The molecule has 0 atom stereocenters. The van der Waals surface area contributed by atoms with Crippen LogP contribution in [0.25, 0.3) is 0 Å². The zero-order valence-electron chi connectivity index (χ0n) is 7.71. The summed E-state index contributed by atoms with van der Waals surface area (Å²) in [6, 6.07) is 3.79. The Hall–Kier alpha value is -1.34. The summed E-state index contributed by atoms with van der Waals surface area (Å²) in [4.78, 5) is 9.93. The normalized spacial score (nSPS) is 9.13. The van der Waals surface area contributed by atoms with E-state index in [-0.39, 0.29) is 47.3 Å². The molecular formula is C8H11BrN2O4. The Balaban J connectivity index is 0.00000196. The summed E-state index contributed by atoms with van der Waals surface area (Å²) in [5, 5.41) is 30.8. The molecule has 0 unspecified atom stereocenters. The molecule has 0 fully saturated rings. The van der Waals surface area contributed by atoms with E-state index in [2.05, 4.69) is 5.32 Å². The van der Waals surface area contributed by atoms with Crippen LogP contribution in [-0.4, -0.2) is 28.3 Å². The van der Waals surface area contributed by atoms with E-state index in [1.807, 2.05) is 0 Å². The average molecular weight is 279 g/mol. The van der Waals surface area contributed by atoms with E-state index in [9.17, 15) is 10.1 Å². The smallest absolute Gasteiger partial charge is 0.296 e. The van der Waals surface area contributed by atoms with E-state index >= 15 is 0 Å². The lowest BCUT2D eigenvalue weighted by atomic mass is 10.2. The SMILES string of the molecule is Br.O=[N+]([O-])c1cc(O)ccc1NCCO. The van der Waals surface area contributed by atoms with Crippen LogP contribution in [0.5, 0.6) is 5.75 Å². The van der Waals surface area contributed by atoms with Gasteiger partial charge in [-0.15, -0.1) is 17.0 Å². The molecule has 0 radical (unpaired) electrons. The Bertz CT molecular complexity index is 345. The van der Waals surface area contributed by atoms with Gasteiger partial charge in [0.2, 0.25) is 0 Å². The molecule has 0 aliphatic heterocycles. The van der Waals surface area contributed by atoms with Crippen molar-refractivity contribution in [1.82, 2.24) is 0 Å². The molecule has 15 heavy (non-hydrogen) atoms. The molecule has 0 heterocycles. The molecule has 3 N–H and O–H groups in total. The number of phenols is 1. The number of nitrogens with one attached hydrogen (secondary N) is 1. The van der Waals surface area contributed by atoms with Crippen molar-refractivity contribution in [3.8, 4) is 5.75 Å². The second-order valence-corrected chi connectivity index (χ2v) is 2.61. The number of nitro benzene ring substituents is 1. The Morgan fingerprint density at radius 1 is 1.47 bits per heavy atom. The van der Waals surface area contributed by atoms with Crippen molar-refractivity contribution in [3.63, 3.8) is 0 Å². The van der Waals surface area contributed by atoms with Gasteiger partial charge in [-0.05, 0) is 12.1 Å². The highest BCUT2D eigenvalue weighted by Gasteiger charge is 2.13. The lowest BCUT2D eigenvalue weighted by Gasteiger charge is -2.04. The molecule has 0 saturated heterocycles. The summed E-state index contributed by atoms with van der Waals surface area (Å²) in [6.07, 6.45) is 0. The number of nitrogens with zero attached hydrogens (tertiary/aromatic N) is 1. The third kappa shape index (κ3) is 3.72. The number of phenolic OH excluding ortho intramolecular Hbond substituents is 1. The van der Waals surface area contributed by atoms with Crippen LogP contribution in [-0.2, 0) is 0 Å². The zero-order valence-corrected chi connectivity index (χ0v) is 9.43. The molecule has 0 aliphatic carbocycles. The first-order chi connectivity index (χ1) is 6.65. The predicted molar refractivity (Wildman–Crippen MR) is 60.7 cm³/mol. The Kier molecular flexibility index (Phi) is 5.65. The van der Waals surface area contributed by atoms with Gasteiger partial charge in [-0.1, -0.05) is 0 Å². The van der Waals surface area contributed by atoms with Gasteiger partial charge in [-0.25, -0.2) is 0 Å². The van der Waals surface area contributed by atoms with E-state index in [1.54, 1.807) is 0 Å². The van der Waals surface area contributed by atoms with Gasteiger partial charge in [0.15, 0.2) is 0 Å². The number of nitro groups is 1. The van der Waals surface area contributed by atoms with Crippen molar-refractivity contribution >= 4 is 28.4 Å². The van der Waals surface area contributed by atoms with E-state index in [0.717, 1.165) is 6.07 Å². The van der Waals surface area contributed by atoms with Gasteiger partial charge in [-0.3, -0.25) is 10.1 Å². The first-order valence-electron chi connectivity index (χ1n) is 3.97. The van der Waals surface area contributed by atoms with Crippen molar-refractivity contribution in [2.24, 2.45) is 0 Å². The zero-order chi connectivity index (χ0) is 10.6. The monoisotopic (exact) mass is 278 g/mol. The first kappa shape index (κ1) is 13.7. The lowest BCUT2D eigenvalue weighted by molar-refractivity contribution is -0.384. The molecule has 1 aromatic carbocycles. The number of halogens is 1. The molecule has 7 heteroatoms. The van der Waals surface area contributed by atoms with Crippen molar-refractivity contribution < 1.29 is 15.1 Å². The maximum absolute atomic E-state index is 10.5. The van der Waals surface area contributed by atoms with Crippen LogP contribution < -0.4 is 5.32 Å². The molecular weight excluding hydrogens is 268 g/mol. The van der Waals surface area contributed by atoms with E-state index in [1.165, 1.54) is 12.1 Å². The van der Waals surface area contributed by atoms with E-state index < -0.39 is 4.92 Å². The number of hydrogen-bond acceptors (Lipinski definition) is 5. The third-order valence-electron chi connectivity index (χ3n) is 1.61. The minimum atomic E-state index is -0.598. The van der Waals surface area contributed by atoms with Crippen molar-refractivity contribution in [2.75, 3.05) is 18.5 Å². The molecule has 0 saturated carbocycles. The number of hydrogen-bond donors (Lipinski definition) is 3. The van der Waals surface area contributed by atoms with E-state index in [4.69, 9.17) is 10.2 Å². The van der Waals surface area contributed by atoms with Gasteiger partial charge in [0, 0.05) is 6.54 Å². The summed E-state index contributed by atoms with van der Waals surface area (Å²) < 4.78 is 0. The molecule has 0 aromatic heterocycles. The van der Waals surface area contributed by atoms with Crippen LogP contribution in [0.15, 0.2) is 18.2 Å². The molecule has 0 amide bonds. The average Bonchev–Trinajstić information content (AvgIpc) is 2.15. The molecule has 6 nitrogen and oxygen atoms in total. The summed E-state index contributed by atoms with van der Waals surface area (Å²) in [7, 11) is 0. The van der Waals surface area contributed by atoms with Crippen LogP contribution in [0, 0.1) is 10.1 Å². The maximum atomic E-state index is 10.5. The fraction of sp³-hybridized carbons (Fsp3) is 0.250. The maximum Gasteiger partial charge on any atom is 0.296 e. The predicted octanol–water partition coefficient (Wildman–Crippen LogP) is 1.28. The van der Waals surface area contributed by atoms with Gasteiger partial charge in [0.05, 0.1) is 17.6 Å². The number of anilines is 1. The second kappa shape index (κ2) is 6.20. The number of benzene rings is 1. The summed E-state index contributed by atoms with van der Waals surface area (Å²) in [6.45, 7) is 0.115.